The van der Waals surface area contributed by atoms with E-state index in [4.69, 9.17) is 0 Å². The highest BCUT2D eigenvalue weighted by atomic mass is 16.3. The molecule has 2 rings (SSSR count). The molecule has 2 aromatic rings. The monoisotopic (exact) mass is 255 g/mol. The van der Waals surface area contributed by atoms with Gasteiger partial charge >= 0.3 is 0 Å². The second-order valence-electron chi connectivity index (χ2n) is 4.83. The van der Waals surface area contributed by atoms with E-state index < -0.39 is 6.10 Å². The maximum absolute atomic E-state index is 10.6. The van der Waals surface area contributed by atoms with Gasteiger partial charge in [-0.25, -0.2) is 0 Å². The first-order chi connectivity index (χ1) is 9.26. The van der Waals surface area contributed by atoms with Crippen molar-refractivity contribution in [1.29, 1.82) is 0 Å². The van der Waals surface area contributed by atoms with Gasteiger partial charge in [-0.3, -0.25) is 4.98 Å². The van der Waals surface area contributed by atoms with E-state index in [1.165, 1.54) is 5.56 Å². The summed E-state index contributed by atoms with van der Waals surface area (Å²) in [6.45, 7) is 4.25. The first-order valence-corrected chi connectivity index (χ1v) is 6.96. The lowest BCUT2D eigenvalue weighted by Gasteiger charge is -2.15. The number of benzene rings is 1. The molecule has 100 valence electrons. The van der Waals surface area contributed by atoms with Crippen molar-refractivity contribution in [3.05, 3.63) is 65.0 Å². The van der Waals surface area contributed by atoms with E-state index in [-0.39, 0.29) is 0 Å². The fourth-order valence-corrected chi connectivity index (χ4v) is 2.39. The average molecular weight is 255 g/mol. The summed E-state index contributed by atoms with van der Waals surface area (Å²) in [7, 11) is 0. The van der Waals surface area contributed by atoms with Gasteiger partial charge in [-0.1, -0.05) is 44.5 Å². The van der Waals surface area contributed by atoms with Crippen LogP contribution in [0, 0.1) is 0 Å². The van der Waals surface area contributed by atoms with Crippen LogP contribution >= 0.6 is 0 Å². The predicted octanol–water partition coefficient (Wildman–Crippen LogP) is 3.68. The molecule has 2 nitrogen and oxygen atoms in total. The Labute approximate surface area is 115 Å². The maximum atomic E-state index is 10.6. The SMILES string of the molecule is CCCc1cccc(C(O)c2ccncc2CC)c1. The Morgan fingerprint density at radius 2 is 2.05 bits per heavy atom. The van der Waals surface area contributed by atoms with E-state index in [0.29, 0.717) is 0 Å². The summed E-state index contributed by atoms with van der Waals surface area (Å²) in [4.78, 5) is 4.13. The molecule has 0 saturated heterocycles. The van der Waals surface area contributed by atoms with E-state index in [9.17, 15) is 5.11 Å². The number of rotatable bonds is 5. The van der Waals surface area contributed by atoms with Crippen LogP contribution in [0.25, 0.3) is 0 Å². The van der Waals surface area contributed by atoms with Gasteiger partial charge in [-0.05, 0) is 41.2 Å². The first-order valence-electron chi connectivity index (χ1n) is 6.96. The number of nitrogens with zero attached hydrogens (tertiary/aromatic N) is 1. The van der Waals surface area contributed by atoms with Gasteiger partial charge in [0.2, 0.25) is 0 Å². The van der Waals surface area contributed by atoms with Crippen molar-refractivity contribution in [3.8, 4) is 0 Å². The van der Waals surface area contributed by atoms with Gasteiger partial charge in [-0.15, -0.1) is 0 Å². The second kappa shape index (κ2) is 6.48. The molecule has 0 radical (unpaired) electrons. The lowest BCUT2D eigenvalue weighted by atomic mass is 9.95. The quantitative estimate of drug-likeness (QED) is 0.884. The van der Waals surface area contributed by atoms with Crippen LogP contribution in [0.3, 0.4) is 0 Å². The minimum absolute atomic E-state index is 0.560. The van der Waals surface area contributed by atoms with Gasteiger partial charge < -0.3 is 5.11 Å². The van der Waals surface area contributed by atoms with Gasteiger partial charge in [0.1, 0.15) is 6.10 Å². The van der Waals surface area contributed by atoms with E-state index in [0.717, 1.165) is 36.0 Å². The molecule has 1 N–H and O–H groups in total. The van der Waals surface area contributed by atoms with Crippen molar-refractivity contribution < 1.29 is 5.11 Å². The fraction of sp³-hybridized carbons (Fsp3) is 0.353. The maximum Gasteiger partial charge on any atom is 0.104 e. The van der Waals surface area contributed by atoms with Crippen molar-refractivity contribution >= 4 is 0 Å². The summed E-state index contributed by atoms with van der Waals surface area (Å²) in [6.07, 6.45) is 6.08. The highest BCUT2D eigenvalue weighted by Crippen LogP contribution is 2.25. The number of aryl methyl sites for hydroxylation is 2. The minimum atomic E-state index is -0.560. The molecule has 0 aliphatic carbocycles. The molecule has 0 aliphatic rings. The zero-order valence-electron chi connectivity index (χ0n) is 11.6. The normalized spacial score (nSPS) is 12.4. The molecule has 19 heavy (non-hydrogen) atoms. The van der Waals surface area contributed by atoms with Crippen LogP contribution in [0.5, 0.6) is 0 Å². The molecular weight excluding hydrogens is 234 g/mol. The third-order valence-electron chi connectivity index (χ3n) is 3.42. The Hall–Kier alpha value is -1.67. The highest BCUT2D eigenvalue weighted by molar-refractivity contribution is 5.35. The molecule has 0 fully saturated rings. The minimum Gasteiger partial charge on any atom is -0.384 e. The van der Waals surface area contributed by atoms with Crippen LogP contribution in [0.1, 0.15) is 48.6 Å². The fourth-order valence-electron chi connectivity index (χ4n) is 2.39. The van der Waals surface area contributed by atoms with E-state index in [2.05, 4.69) is 31.0 Å². The molecule has 0 bridgehead atoms. The third-order valence-corrected chi connectivity index (χ3v) is 3.42. The molecule has 1 heterocycles. The average Bonchev–Trinajstić information content (AvgIpc) is 2.47. The summed E-state index contributed by atoms with van der Waals surface area (Å²) in [5, 5.41) is 10.6. The van der Waals surface area contributed by atoms with Crippen molar-refractivity contribution in [2.75, 3.05) is 0 Å². The van der Waals surface area contributed by atoms with Crippen molar-refractivity contribution in [2.45, 2.75) is 39.2 Å². The van der Waals surface area contributed by atoms with Crippen LogP contribution in [0.2, 0.25) is 0 Å². The number of pyridine rings is 1. The second-order valence-corrected chi connectivity index (χ2v) is 4.83. The Kier molecular flexibility index (Phi) is 4.69. The number of aliphatic hydroxyl groups is 1. The Morgan fingerprint density at radius 1 is 1.21 bits per heavy atom. The zero-order valence-corrected chi connectivity index (χ0v) is 11.6. The van der Waals surface area contributed by atoms with Crippen LogP contribution in [-0.4, -0.2) is 10.1 Å². The van der Waals surface area contributed by atoms with Gasteiger partial charge in [0.15, 0.2) is 0 Å². The van der Waals surface area contributed by atoms with Crippen LogP contribution in [0.4, 0.5) is 0 Å². The van der Waals surface area contributed by atoms with Crippen molar-refractivity contribution in [2.24, 2.45) is 0 Å². The van der Waals surface area contributed by atoms with Crippen LogP contribution < -0.4 is 0 Å². The number of hydrogen-bond acceptors (Lipinski definition) is 2. The van der Waals surface area contributed by atoms with E-state index >= 15 is 0 Å². The van der Waals surface area contributed by atoms with Crippen LogP contribution in [-0.2, 0) is 12.8 Å². The predicted molar refractivity (Wildman–Crippen MR) is 78.1 cm³/mol. The van der Waals surface area contributed by atoms with Gasteiger partial charge in [-0.2, -0.15) is 0 Å². The Bertz CT molecular complexity index is 536. The summed E-state index contributed by atoms with van der Waals surface area (Å²) in [5.41, 5.74) is 4.32. The summed E-state index contributed by atoms with van der Waals surface area (Å²) >= 11 is 0. The first kappa shape index (κ1) is 13.8. The largest absolute Gasteiger partial charge is 0.384 e. The van der Waals surface area contributed by atoms with E-state index in [1.807, 2.05) is 24.4 Å². The van der Waals surface area contributed by atoms with Gasteiger partial charge in [0, 0.05) is 12.4 Å². The smallest absolute Gasteiger partial charge is 0.104 e. The number of aliphatic hydroxyl groups excluding tert-OH is 1. The molecule has 0 saturated carbocycles. The molecule has 2 heteroatoms. The molecule has 1 atom stereocenters. The van der Waals surface area contributed by atoms with Gasteiger partial charge in [0.05, 0.1) is 0 Å². The van der Waals surface area contributed by atoms with E-state index in [1.54, 1.807) is 6.20 Å². The van der Waals surface area contributed by atoms with Crippen molar-refractivity contribution in [3.63, 3.8) is 0 Å². The Balaban J connectivity index is 2.32. The molecule has 0 amide bonds. The molecule has 1 aromatic heterocycles. The summed E-state index contributed by atoms with van der Waals surface area (Å²) in [6, 6.07) is 10.1. The van der Waals surface area contributed by atoms with Crippen molar-refractivity contribution in [1.82, 2.24) is 4.98 Å². The topological polar surface area (TPSA) is 33.1 Å². The summed E-state index contributed by atoms with van der Waals surface area (Å²) < 4.78 is 0. The molecule has 0 aliphatic heterocycles. The Morgan fingerprint density at radius 3 is 2.79 bits per heavy atom. The molecule has 1 aromatic carbocycles. The highest BCUT2D eigenvalue weighted by Gasteiger charge is 2.14. The lowest BCUT2D eigenvalue weighted by molar-refractivity contribution is 0.219. The zero-order chi connectivity index (χ0) is 13.7. The number of aromatic nitrogens is 1. The molecule has 0 spiro atoms. The third kappa shape index (κ3) is 3.21. The lowest BCUT2D eigenvalue weighted by Crippen LogP contribution is -2.04. The summed E-state index contributed by atoms with van der Waals surface area (Å²) in [5.74, 6) is 0. The standard InChI is InChI=1S/C17H21NO/c1-3-6-13-7-5-8-15(11-13)17(19)16-9-10-18-12-14(16)4-2/h5,7-12,17,19H,3-4,6H2,1-2H3. The number of hydrogen-bond donors (Lipinski definition) is 1. The van der Waals surface area contributed by atoms with Gasteiger partial charge in [0.25, 0.3) is 0 Å². The molecular formula is C17H21NO. The van der Waals surface area contributed by atoms with Crippen LogP contribution in [0.15, 0.2) is 42.7 Å². The molecule has 1 unspecified atom stereocenters.